The lowest BCUT2D eigenvalue weighted by Gasteiger charge is -2.12. The Bertz CT molecular complexity index is 363. The van der Waals surface area contributed by atoms with E-state index in [0.717, 1.165) is 16.8 Å². The molecule has 0 saturated heterocycles. The molecule has 16 heavy (non-hydrogen) atoms. The number of rotatable bonds is 4. The maximum Gasteiger partial charge on any atom is 0.225 e. The van der Waals surface area contributed by atoms with Crippen LogP contribution in [-0.4, -0.2) is 19.5 Å². The summed E-state index contributed by atoms with van der Waals surface area (Å²) in [5.74, 6) is 0.0596. The first-order valence-corrected chi connectivity index (χ1v) is 5.57. The summed E-state index contributed by atoms with van der Waals surface area (Å²) in [5, 5.41) is 5.92. The smallest absolute Gasteiger partial charge is 0.225 e. The first-order valence-electron chi connectivity index (χ1n) is 5.57. The van der Waals surface area contributed by atoms with Crippen molar-refractivity contribution in [3.05, 3.63) is 28.8 Å². The molecule has 0 fully saturated rings. The van der Waals surface area contributed by atoms with Crippen LogP contribution in [-0.2, 0) is 4.79 Å². The number of benzene rings is 1. The molecule has 1 aromatic rings. The molecule has 0 unspecified atom stereocenters. The van der Waals surface area contributed by atoms with E-state index in [0.29, 0.717) is 13.0 Å². The van der Waals surface area contributed by atoms with E-state index in [1.807, 2.05) is 20.9 Å². The highest BCUT2D eigenvalue weighted by Gasteiger charge is 2.07. The second kappa shape index (κ2) is 5.66. The Hall–Kier alpha value is -1.35. The zero-order valence-electron chi connectivity index (χ0n) is 10.5. The highest BCUT2D eigenvalue weighted by Crippen LogP contribution is 2.21. The summed E-state index contributed by atoms with van der Waals surface area (Å²) >= 11 is 0. The summed E-state index contributed by atoms with van der Waals surface area (Å²) in [5.41, 5.74) is 4.42. The van der Waals surface area contributed by atoms with Crippen molar-refractivity contribution in [2.75, 3.05) is 18.9 Å². The normalized spacial score (nSPS) is 10.2. The molecule has 0 saturated carbocycles. The van der Waals surface area contributed by atoms with Crippen molar-refractivity contribution in [2.45, 2.75) is 27.2 Å². The molecule has 0 atom stereocenters. The van der Waals surface area contributed by atoms with E-state index < -0.39 is 0 Å². The van der Waals surface area contributed by atoms with Gasteiger partial charge in [0.1, 0.15) is 0 Å². The van der Waals surface area contributed by atoms with Crippen LogP contribution in [0.1, 0.15) is 23.1 Å². The van der Waals surface area contributed by atoms with Gasteiger partial charge in [-0.05, 0) is 38.9 Å². The number of carbonyl (C=O) groups is 1. The standard InChI is InChI=1S/C13H20N2O/c1-9-7-10(2)13(11(3)8-9)15-12(16)5-6-14-4/h7-8,14H,5-6H2,1-4H3,(H,15,16). The molecule has 0 aliphatic heterocycles. The van der Waals surface area contributed by atoms with E-state index in [1.54, 1.807) is 0 Å². The van der Waals surface area contributed by atoms with Crippen molar-refractivity contribution in [3.63, 3.8) is 0 Å². The van der Waals surface area contributed by atoms with Crippen molar-refractivity contribution in [2.24, 2.45) is 0 Å². The zero-order chi connectivity index (χ0) is 12.1. The Labute approximate surface area is 97.2 Å². The highest BCUT2D eigenvalue weighted by molar-refractivity contribution is 5.92. The van der Waals surface area contributed by atoms with Gasteiger partial charge in [-0.3, -0.25) is 4.79 Å². The highest BCUT2D eigenvalue weighted by atomic mass is 16.1. The van der Waals surface area contributed by atoms with Crippen LogP contribution in [0.2, 0.25) is 0 Å². The van der Waals surface area contributed by atoms with Crippen molar-refractivity contribution >= 4 is 11.6 Å². The summed E-state index contributed by atoms with van der Waals surface area (Å²) < 4.78 is 0. The van der Waals surface area contributed by atoms with Gasteiger partial charge >= 0.3 is 0 Å². The average Bonchev–Trinajstić information content (AvgIpc) is 2.20. The Morgan fingerprint density at radius 3 is 2.25 bits per heavy atom. The number of carbonyl (C=O) groups excluding carboxylic acids is 1. The average molecular weight is 220 g/mol. The molecule has 0 radical (unpaired) electrons. The molecule has 0 spiro atoms. The molecule has 0 aliphatic rings. The quantitative estimate of drug-likeness (QED) is 0.816. The summed E-state index contributed by atoms with van der Waals surface area (Å²) in [4.78, 5) is 11.6. The van der Waals surface area contributed by atoms with Gasteiger partial charge in [0.25, 0.3) is 0 Å². The van der Waals surface area contributed by atoms with E-state index in [9.17, 15) is 4.79 Å². The van der Waals surface area contributed by atoms with Crippen LogP contribution in [0.5, 0.6) is 0 Å². The van der Waals surface area contributed by atoms with Gasteiger partial charge in [0.05, 0.1) is 0 Å². The molecule has 3 nitrogen and oxygen atoms in total. The number of hydrogen-bond donors (Lipinski definition) is 2. The molecule has 88 valence electrons. The maximum absolute atomic E-state index is 11.6. The third-order valence-electron chi connectivity index (χ3n) is 2.54. The van der Waals surface area contributed by atoms with Crippen LogP contribution < -0.4 is 10.6 Å². The van der Waals surface area contributed by atoms with Gasteiger partial charge in [0.15, 0.2) is 0 Å². The van der Waals surface area contributed by atoms with Crippen molar-refractivity contribution in [1.29, 1.82) is 0 Å². The second-order valence-corrected chi connectivity index (χ2v) is 4.18. The third kappa shape index (κ3) is 3.35. The lowest BCUT2D eigenvalue weighted by atomic mass is 10.1. The van der Waals surface area contributed by atoms with Crippen LogP contribution in [0.4, 0.5) is 5.69 Å². The number of anilines is 1. The fourth-order valence-electron chi connectivity index (χ4n) is 1.82. The fraction of sp³-hybridized carbons (Fsp3) is 0.462. The molecule has 2 N–H and O–H groups in total. The Balaban J connectivity index is 2.77. The predicted molar refractivity (Wildman–Crippen MR) is 67.8 cm³/mol. The lowest BCUT2D eigenvalue weighted by molar-refractivity contribution is -0.116. The minimum absolute atomic E-state index is 0.0596. The number of hydrogen-bond acceptors (Lipinski definition) is 2. The first-order chi connectivity index (χ1) is 7.54. The summed E-state index contributed by atoms with van der Waals surface area (Å²) in [6, 6.07) is 4.17. The van der Waals surface area contributed by atoms with Gasteiger partial charge in [-0.15, -0.1) is 0 Å². The Morgan fingerprint density at radius 2 is 1.75 bits per heavy atom. The fourth-order valence-corrected chi connectivity index (χ4v) is 1.82. The minimum Gasteiger partial charge on any atom is -0.326 e. The van der Waals surface area contributed by atoms with Gasteiger partial charge in [-0.2, -0.15) is 0 Å². The van der Waals surface area contributed by atoms with Gasteiger partial charge in [0.2, 0.25) is 5.91 Å². The molecule has 1 rings (SSSR count). The molecule has 0 aromatic heterocycles. The zero-order valence-corrected chi connectivity index (χ0v) is 10.5. The summed E-state index contributed by atoms with van der Waals surface area (Å²) in [6.45, 7) is 6.81. The Morgan fingerprint density at radius 1 is 1.19 bits per heavy atom. The van der Waals surface area contributed by atoms with Crippen molar-refractivity contribution in [1.82, 2.24) is 5.32 Å². The first kappa shape index (κ1) is 12.7. The third-order valence-corrected chi connectivity index (χ3v) is 2.54. The minimum atomic E-state index is 0.0596. The van der Waals surface area contributed by atoms with Crippen molar-refractivity contribution < 1.29 is 4.79 Å². The van der Waals surface area contributed by atoms with E-state index in [1.165, 1.54) is 5.56 Å². The molecular weight excluding hydrogens is 200 g/mol. The van der Waals surface area contributed by atoms with E-state index >= 15 is 0 Å². The largest absolute Gasteiger partial charge is 0.326 e. The molecular formula is C13H20N2O. The van der Waals surface area contributed by atoms with Crippen molar-refractivity contribution in [3.8, 4) is 0 Å². The van der Waals surface area contributed by atoms with Crippen LogP contribution in [0.15, 0.2) is 12.1 Å². The number of nitrogens with one attached hydrogen (secondary N) is 2. The molecule has 0 aliphatic carbocycles. The SMILES string of the molecule is CNCCC(=O)Nc1c(C)cc(C)cc1C. The van der Waals surface area contributed by atoms with Gasteiger partial charge in [-0.25, -0.2) is 0 Å². The summed E-state index contributed by atoms with van der Waals surface area (Å²) in [6.07, 6.45) is 0.503. The Kier molecular flexibility index (Phi) is 4.50. The lowest BCUT2D eigenvalue weighted by Crippen LogP contribution is -2.19. The molecule has 1 aromatic carbocycles. The monoisotopic (exact) mass is 220 g/mol. The molecule has 0 bridgehead atoms. The maximum atomic E-state index is 11.6. The van der Waals surface area contributed by atoms with Crippen LogP contribution in [0.25, 0.3) is 0 Å². The number of aryl methyl sites for hydroxylation is 3. The van der Waals surface area contributed by atoms with E-state index in [-0.39, 0.29) is 5.91 Å². The van der Waals surface area contributed by atoms with Crippen LogP contribution in [0.3, 0.4) is 0 Å². The topological polar surface area (TPSA) is 41.1 Å². The van der Waals surface area contributed by atoms with E-state index in [2.05, 4.69) is 29.7 Å². The second-order valence-electron chi connectivity index (χ2n) is 4.18. The van der Waals surface area contributed by atoms with Gasteiger partial charge < -0.3 is 10.6 Å². The number of amides is 1. The van der Waals surface area contributed by atoms with Crippen LogP contribution in [0, 0.1) is 20.8 Å². The van der Waals surface area contributed by atoms with Gasteiger partial charge in [0, 0.05) is 18.7 Å². The van der Waals surface area contributed by atoms with Crippen LogP contribution >= 0.6 is 0 Å². The predicted octanol–water partition coefficient (Wildman–Crippen LogP) is 2.16. The van der Waals surface area contributed by atoms with E-state index in [4.69, 9.17) is 0 Å². The molecule has 3 heteroatoms. The van der Waals surface area contributed by atoms with Gasteiger partial charge in [-0.1, -0.05) is 17.7 Å². The molecule has 0 heterocycles. The molecule has 1 amide bonds. The summed E-state index contributed by atoms with van der Waals surface area (Å²) in [7, 11) is 1.84.